The van der Waals surface area contributed by atoms with Gasteiger partial charge in [-0.2, -0.15) is 9.78 Å². The number of benzene rings is 2. The highest BCUT2D eigenvalue weighted by Gasteiger charge is 2.26. The fraction of sp³-hybridized carbons (Fsp3) is 0.105. The molecule has 0 spiro atoms. The minimum Gasteiger partial charge on any atom is -0.497 e. The maximum atomic E-state index is 12.5. The van der Waals surface area contributed by atoms with Crippen LogP contribution in [0.3, 0.4) is 0 Å². The average molecular weight is 333 g/mol. The summed E-state index contributed by atoms with van der Waals surface area (Å²) in [5.41, 5.74) is 2.71. The summed E-state index contributed by atoms with van der Waals surface area (Å²) in [6.45, 7) is 1.87. The van der Waals surface area contributed by atoms with Gasteiger partial charge in [-0.3, -0.25) is 9.59 Å². The van der Waals surface area contributed by atoms with Gasteiger partial charge in [0.15, 0.2) is 5.71 Å². The molecule has 1 aliphatic rings. The molecular weight excluding hydrogens is 318 g/mol. The van der Waals surface area contributed by atoms with E-state index in [0.717, 1.165) is 10.9 Å². The number of rotatable bonds is 2. The number of nitrogens with one attached hydrogen (secondary N) is 1. The molecule has 124 valence electrons. The molecule has 4 rings (SSSR count). The predicted octanol–water partition coefficient (Wildman–Crippen LogP) is 2.52. The minimum absolute atomic E-state index is 0.214. The van der Waals surface area contributed by atoms with Crippen LogP contribution < -0.4 is 15.6 Å². The lowest BCUT2D eigenvalue weighted by molar-refractivity contribution is -0.110. The maximum Gasteiger partial charge on any atom is 0.276 e. The largest absolute Gasteiger partial charge is 0.497 e. The molecule has 0 fully saturated rings. The second-order valence-electron chi connectivity index (χ2n) is 5.81. The Kier molecular flexibility index (Phi) is 3.39. The lowest BCUT2D eigenvalue weighted by Gasteiger charge is -2.10. The van der Waals surface area contributed by atoms with Crippen LogP contribution in [0.2, 0.25) is 0 Å². The smallest absolute Gasteiger partial charge is 0.276 e. The van der Waals surface area contributed by atoms with Crippen LogP contribution in [0.5, 0.6) is 5.75 Å². The number of aromatic nitrogens is 1. The fourth-order valence-electron chi connectivity index (χ4n) is 2.99. The quantitative estimate of drug-likeness (QED) is 0.783. The van der Waals surface area contributed by atoms with Crippen molar-refractivity contribution in [2.45, 2.75) is 6.92 Å². The molecule has 2 heterocycles. The number of ether oxygens (including phenoxy) is 1. The molecule has 0 aliphatic carbocycles. The van der Waals surface area contributed by atoms with Crippen LogP contribution in [0.25, 0.3) is 10.9 Å². The zero-order valence-corrected chi connectivity index (χ0v) is 13.7. The Hall–Kier alpha value is -3.41. The average Bonchev–Trinajstić information content (AvgIpc) is 2.93. The molecule has 1 amide bonds. The summed E-state index contributed by atoms with van der Waals surface area (Å²) in [4.78, 5) is 24.8. The number of carbonyl (C=O) groups excluding carboxylic acids is 1. The second kappa shape index (κ2) is 5.59. The van der Waals surface area contributed by atoms with Gasteiger partial charge in [0.2, 0.25) is 0 Å². The lowest BCUT2D eigenvalue weighted by Crippen LogP contribution is -2.22. The molecule has 6 nitrogen and oxygen atoms in total. The number of para-hydroxylation sites is 1. The number of aryl methyl sites for hydroxylation is 1. The summed E-state index contributed by atoms with van der Waals surface area (Å²) in [5.74, 6) is 0.285. The molecule has 1 aliphatic heterocycles. The Morgan fingerprint density at radius 2 is 1.88 bits per heavy atom. The first kappa shape index (κ1) is 15.1. The number of pyridine rings is 1. The Labute approximate surface area is 143 Å². The summed E-state index contributed by atoms with van der Waals surface area (Å²) in [6.07, 6.45) is 0. The van der Waals surface area contributed by atoms with E-state index in [-0.39, 0.29) is 17.2 Å². The van der Waals surface area contributed by atoms with Gasteiger partial charge in [-0.25, -0.2) is 0 Å². The number of nitrogens with zero attached hydrogens (tertiary/aromatic N) is 2. The van der Waals surface area contributed by atoms with Crippen molar-refractivity contribution in [3.63, 3.8) is 0 Å². The highest BCUT2D eigenvalue weighted by molar-refractivity contribution is 6.53. The topological polar surface area (TPSA) is 72.7 Å². The molecule has 6 heteroatoms. The first-order valence-corrected chi connectivity index (χ1v) is 7.78. The van der Waals surface area contributed by atoms with E-state index in [1.807, 2.05) is 31.2 Å². The van der Waals surface area contributed by atoms with Crippen LogP contribution in [0, 0.1) is 6.92 Å². The van der Waals surface area contributed by atoms with Crippen LogP contribution >= 0.6 is 0 Å². The molecule has 25 heavy (non-hydrogen) atoms. The summed E-state index contributed by atoms with van der Waals surface area (Å²) in [5, 5.41) is 8.01. The third kappa shape index (κ3) is 2.39. The molecular formula is C19H15N3O3. The summed E-state index contributed by atoms with van der Waals surface area (Å²) in [7, 11) is 1.56. The van der Waals surface area contributed by atoms with Crippen molar-refractivity contribution in [3.8, 4) is 5.75 Å². The maximum absolute atomic E-state index is 12.5. The van der Waals surface area contributed by atoms with Crippen molar-refractivity contribution in [1.29, 1.82) is 0 Å². The van der Waals surface area contributed by atoms with Crippen LogP contribution in [-0.2, 0) is 4.79 Å². The predicted molar refractivity (Wildman–Crippen MR) is 96.5 cm³/mol. The molecule has 0 unspecified atom stereocenters. The van der Waals surface area contributed by atoms with Gasteiger partial charge in [0, 0.05) is 23.1 Å². The Morgan fingerprint density at radius 1 is 1.08 bits per heavy atom. The lowest BCUT2D eigenvalue weighted by atomic mass is 10.1. The van der Waals surface area contributed by atoms with Crippen LogP contribution in [0.1, 0.15) is 11.1 Å². The first-order chi connectivity index (χ1) is 12.1. The molecule has 1 aromatic heterocycles. The molecule has 0 saturated heterocycles. The fourth-order valence-corrected chi connectivity index (χ4v) is 2.99. The van der Waals surface area contributed by atoms with Gasteiger partial charge in [-0.1, -0.05) is 18.2 Å². The molecule has 0 atom stereocenters. The van der Waals surface area contributed by atoms with Crippen LogP contribution in [0.15, 0.2) is 58.4 Å². The summed E-state index contributed by atoms with van der Waals surface area (Å²) in [6, 6.07) is 14.2. The Morgan fingerprint density at radius 3 is 2.68 bits per heavy atom. The number of hydrogen-bond acceptors (Lipinski definition) is 4. The van der Waals surface area contributed by atoms with Crippen molar-refractivity contribution in [3.05, 3.63) is 70.0 Å². The molecule has 2 aromatic carbocycles. The van der Waals surface area contributed by atoms with E-state index < -0.39 is 0 Å². The number of anilines is 1. The van der Waals surface area contributed by atoms with Gasteiger partial charge in [-0.15, -0.1) is 0 Å². The van der Waals surface area contributed by atoms with Crippen molar-refractivity contribution >= 4 is 28.2 Å². The Balaban J connectivity index is 2.02. The van der Waals surface area contributed by atoms with Gasteiger partial charge in [0.25, 0.3) is 11.5 Å². The minimum atomic E-state index is -0.329. The molecule has 0 radical (unpaired) electrons. The van der Waals surface area contributed by atoms with Gasteiger partial charge < -0.3 is 10.1 Å². The monoisotopic (exact) mass is 333 g/mol. The van der Waals surface area contributed by atoms with E-state index in [0.29, 0.717) is 22.5 Å². The third-order valence-electron chi connectivity index (χ3n) is 4.25. The van der Waals surface area contributed by atoms with Crippen LogP contribution in [-0.4, -0.2) is 23.4 Å². The molecule has 3 aromatic rings. The van der Waals surface area contributed by atoms with Crippen LogP contribution in [0.4, 0.5) is 5.69 Å². The Bertz CT molecular complexity index is 1110. The number of carbonyl (C=O) groups is 1. The van der Waals surface area contributed by atoms with Crippen molar-refractivity contribution in [2.24, 2.45) is 5.10 Å². The van der Waals surface area contributed by atoms with Gasteiger partial charge in [0.1, 0.15) is 5.75 Å². The number of hydrogen-bond donors (Lipinski definition) is 1. The molecule has 0 bridgehead atoms. The highest BCUT2D eigenvalue weighted by atomic mass is 16.5. The van der Waals surface area contributed by atoms with Crippen molar-refractivity contribution in [2.75, 3.05) is 12.4 Å². The number of fused-ring (bicyclic) bond motifs is 2. The SMILES string of the molecule is COc1ccc2c(C)cc(=O)n(N=C3C(=O)Nc4ccccc43)c2c1. The van der Waals surface area contributed by atoms with E-state index >= 15 is 0 Å². The van der Waals surface area contributed by atoms with Gasteiger partial charge in [0.05, 0.1) is 18.3 Å². The van der Waals surface area contributed by atoms with E-state index in [1.165, 1.54) is 10.7 Å². The second-order valence-corrected chi connectivity index (χ2v) is 5.81. The van der Waals surface area contributed by atoms with Crippen molar-refractivity contribution < 1.29 is 9.53 Å². The van der Waals surface area contributed by atoms with Gasteiger partial charge in [-0.05, 0) is 30.7 Å². The summed E-state index contributed by atoms with van der Waals surface area (Å²) < 4.78 is 6.51. The first-order valence-electron chi connectivity index (χ1n) is 7.78. The van der Waals surface area contributed by atoms with E-state index in [2.05, 4.69) is 10.4 Å². The zero-order chi connectivity index (χ0) is 17.6. The summed E-state index contributed by atoms with van der Waals surface area (Å²) >= 11 is 0. The normalized spacial score (nSPS) is 14.6. The van der Waals surface area contributed by atoms with E-state index in [1.54, 1.807) is 25.3 Å². The third-order valence-corrected chi connectivity index (χ3v) is 4.25. The zero-order valence-electron chi connectivity index (χ0n) is 13.7. The number of methoxy groups -OCH3 is 1. The molecule has 0 saturated carbocycles. The molecule has 1 N–H and O–H groups in total. The van der Waals surface area contributed by atoms with E-state index in [9.17, 15) is 9.59 Å². The van der Waals surface area contributed by atoms with Gasteiger partial charge >= 0.3 is 0 Å². The number of amides is 1. The standard InChI is InChI=1S/C19H15N3O3/c1-11-9-17(23)22(16-10-12(25-2)7-8-13(11)16)21-18-14-5-3-4-6-15(14)20-19(18)24/h3-10H,1-2H3,(H,20,21,24). The highest BCUT2D eigenvalue weighted by Crippen LogP contribution is 2.25. The van der Waals surface area contributed by atoms with E-state index in [4.69, 9.17) is 4.74 Å². The van der Waals surface area contributed by atoms with Crippen molar-refractivity contribution in [1.82, 2.24) is 4.68 Å².